The smallest absolute Gasteiger partial charge is 0.336 e. The Kier molecular flexibility index (Phi) is 7.87. The molecular formula is C27H23FN2O7S. The Morgan fingerprint density at radius 1 is 0.816 bits per heavy atom. The van der Waals surface area contributed by atoms with Gasteiger partial charge in [-0.15, -0.1) is 0 Å². The number of rotatable bonds is 10. The number of hydrogen-bond acceptors (Lipinski definition) is 9. The van der Waals surface area contributed by atoms with Crippen molar-refractivity contribution in [3.05, 3.63) is 76.6 Å². The first-order valence-corrected chi connectivity index (χ1v) is 11.9. The molecule has 0 aliphatic rings. The Balaban J connectivity index is 1.95. The minimum atomic E-state index is -1.34. The molecule has 9 nitrogen and oxygen atoms in total. The fraction of sp³-hybridized carbons (Fsp3) is 0.185. The van der Waals surface area contributed by atoms with Gasteiger partial charge in [0, 0.05) is 17.6 Å². The fourth-order valence-electron chi connectivity index (χ4n) is 4.07. The molecule has 3 aromatic carbocycles. The molecule has 0 aliphatic heterocycles. The summed E-state index contributed by atoms with van der Waals surface area (Å²) in [6, 6.07) is 11.7. The average molecular weight is 539 g/mol. The number of ketones is 1. The maximum atomic E-state index is 14.5. The molecule has 0 radical (unpaired) electrons. The highest BCUT2D eigenvalue weighted by Crippen LogP contribution is 2.39. The lowest BCUT2D eigenvalue weighted by Gasteiger charge is -2.17. The molecule has 196 valence electrons. The lowest BCUT2D eigenvalue weighted by atomic mass is 9.89. The number of methoxy groups -OCH3 is 4. The summed E-state index contributed by atoms with van der Waals surface area (Å²) in [7, 11) is 5.66. The molecule has 4 aromatic rings. The minimum absolute atomic E-state index is 0.0408. The third kappa shape index (κ3) is 5.14. The molecular weight excluding hydrogens is 515 g/mol. The summed E-state index contributed by atoms with van der Waals surface area (Å²) in [5.41, 5.74) is 1.46. The molecule has 0 saturated carbocycles. The standard InChI is InChI=1S/C27H23FN2O7S/c1-34-21-8-6-16(12-18(21)28)25(31)17(9-14-10-22(35-2)26(37-4)23(11-14)36-3)24(27(32)33)15-5-7-19-20(13-15)30-38-29-19/h5-8,10-13H,9H2,1-4H3,(H,32,33)/b24-17+. The molecule has 4 rings (SSSR count). The monoisotopic (exact) mass is 538 g/mol. The second-order valence-corrected chi connectivity index (χ2v) is 8.54. The Morgan fingerprint density at radius 2 is 1.45 bits per heavy atom. The van der Waals surface area contributed by atoms with E-state index in [2.05, 4.69) is 8.75 Å². The minimum Gasteiger partial charge on any atom is -0.494 e. The second kappa shape index (κ2) is 11.3. The van der Waals surface area contributed by atoms with Crippen molar-refractivity contribution in [1.29, 1.82) is 0 Å². The van der Waals surface area contributed by atoms with Crippen LogP contribution in [0.4, 0.5) is 4.39 Å². The predicted molar refractivity (Wildman–Crippen MR) is 139 cm³/mol. The van der Waals surface area contributed by atoms with Crippen LogP contribution in [0.15, 0.2) is 54.1 Å². The first kappa shape index (κ1) is 26.6. The number of hydrogen-bond donors (Lipinski definition) is 1. The fourth-order valence-corrected chi connectivity index (χ4v) is 4.59. The van der Waals surface area contributed by atoms with E-state index in [0.29, 0.717) is 33.8 Å². The van der Waals surface area contributed by atoms with Crippen LogP contribution < -0.4 is 18.9 Å². The summed E-state index contributed by atoms with van der Waals surface area (Å²) in [5.74, 6) is -1.81. The van der Waals surface area contributed by atoms with E-state index in [0.717, 1.165) is 17.8 Å². The van der Waals surface area contributed by atoms with Crippen molar-refractivity contribution in [2.45, 2.75) is 6.42 Å². The van der Waals surface area contributed by atoms with Gasteiger partial charge in [-0.2, -0.15) is 8.75 Å². The summed E-state index contributed by atoms with van der Waals surface area (Å²) >= 11 is 0.989. The number of ether oxygens (including phenoxy) is 4. The van der Waals surface area contributed by atoms with Gasteiger partial charge in [-0.3, -0.25) is 4.79 Å². The van der Waals surface area contributed by atoms with Crippen LogP contribution in [0.1, 0.15) is 21.5 Å². The third-order valence-electron chi connectivity index (χ3n) is 5.85. The van der Waals surface area contributed by atoms with Crippen molar-refractivity contribution >= 4 is 40.1 Å². The van der Waals surface area contributed by atoms with E-state index in [1.54, 1.807) is 30.3 Å². The van der Waals surface area contributed by atoms with Crippen LogP contribution >= 0.6 is 11.7 Å². The molecule has 0 unspecified atom stereocenters. The first-order chi connectivity index (χ1) is 18.3. The Hall–Kier alpha value is -4.51. The van der Waals surface area contributed by atoms with E-state index in [4.69, 9.17) is 18.9 Å². The van der Waals surface area contributed by atoms with Crippen molar-refractivity contribution in [2.24, 2.45) is 0 Å². The van der Waals surface area contributed by atoms with Crippen LogP contribution in [0.5, 0.6) is 23.0 Å². The van der Waals surface area contributed by atoms with Gasteiger partial charge in [0.25, 0.3) is 0 Å². The maximum absolute atomic E-state index is 14.5. The molecule has 0 spiro atoms. The van der Waals surface area contributed by atoms with Crippen molar-refractivity contribution in [3.63, 3.8) is 0 Å². The largest absolute Gasteiger partial charge is 0.494 e. The van der Waals surface area contributed by atoms with Gasteiger partial charge in [0.05, 0.1) is 45.7 Å². The molecule has 0 amide bonds. The van der Waals surface area contributed by atoms with Gasteiger partial charge in [-0.1, -0.05) is 6.07 Å². The zero-order chi connectivity index (χ0) is 27.4. The summed E-state index contributed by atoms with van der Waals surface area (Å²) in [6.45, 7) is 0. The molecule has 38 heavy (non-hydrogen) atoms. The SMILES string of the molecule is COc1ccc(C(=O)/C(Cc2cc(OC)c(OC)c(OC)c2)=C(/C(=O)O)c2ccc3nsnc3c2)cc1F. The van der Waals surface area contributed by atoms with E-state index in [9.17, 15) is 19.1 Å². The van der Waals surface area contributed by atoms with Gasteiger partial charge < -0.3 is 24.1 Å². The van der Waals surface area contributed by atoms with Gasteiger partial charge in [-0.05, 0) is 53.6 Å². The van der Waals surface area contributed by atoms with Crippen molar-refractivity contribution in [1.82, 2.24) is 8.75 Å². The van der Waals surface area contributed by atoms with Crippen LogP contribution in [0.2, 0.25) is 0 Å². The quantitative estimate of drug-likeness (QED) is 0.224. The number of aromatic nitrogens is 2. The van der Waals surface area contributed by atoms with Crippen LogP contribution in [0.3, 0.4) is 0 Å². The number of benzene rings is 3. The summed E-state index contributed by atoms with van der Waals surface area (Å²) in [4.78, 5) is 26.5. The first-order valence-electron chi connectivity index (χ1n) is 11.2. The molecule has 0 saturated heterocycles. The zero-order valence-corrected chi connectivity index (χ0v) is 21.7. The number of fused-ring (bicyclic) bond motifs is 1. The van der Waals surface area contributed by atoms with Crippen LogP contribution in [-0.4, -0.2) is 54.0 Å². The second-order valence-electron chi connectivity index (χ2n) is 8.02. The Bertz CT molecular complexity index is 1540. The van der Waals surface area contributed by atoms with E-state index < -0.39 is 17.6 Å². The normalized spacial score (nSPS) is 11.6. The highest BCUT2D eigenvalue weighted by atomic mass is 32.1. The van der Waals surface area contributed by atoms with E-state index in [1.807, 2.05) is 0 Å². The number of halogens is 1. The lowest BCUT2D eigenvalue weighted by molar-refractivity contribution is -0.130. The number of carbonyl (C=O) groups is 2. The van der Waals surface area contributed by atoms with E-state index >= 15 is 0 Å². The van der Waals surface area contributed by atoms with Crippen molar-refractivity contribution in [3.8, 4) is 23.0 Å². The molecule has 0 fully saturated rings. The third-order valence-corrected chi connectivity index (χ3v) is 6.41. The van der Waals surface area contributed by atoms with Gasteiger partial charge in [-0.25, -0.2) is 9.18 Å². The van der Waals surface area contributed by atoms with Crippen LogP contribution in [-0.2, 0) is 11.2 Å². The van der Waals surface area contributed by atoms with Gasteiger partial charge >= 0.3 is 5.97 Å². The van der Waals surface area contributed by atoms with E-state index in [-0.39, 0.29) is 34.4 Å². The number of carboxylic acid groups (broad SMARTS) is 1. The zero-order valence-electron chi connectivity index (χ0n) is 20.9. The number of carboxylic acids is 1. The summed E-state index contributed by atoms with van der Waals surface area (Å²) < 4.78 is 44.0. The number of Topliss-reactive ketones (excluding diaryl/α,β-unsaturated/α-hetero) is 1. The molecule has 1 aromatic heterocycles. The van der Waals surface area contributed by atoms with Crippen molar-refractivity contribution in [2.75, 3.05) is 28.4 Å². The van der Waals surface area contributed by atoms with Gasteiger partial charge in [0.2, 0.25) is 5.75 Å². The predicted octanol–water partition coefficient (Wildman–Crippen LogP) is 4.83. The number of nitrogens with zero attached hydrogens (tertiary/aromatic N) is 2. The van der Waals surface area contributed by atoms with E-state index in [1.165, 1.54) is 40.6 Å². The molecule has 11 heteroatoms. The maximum Gasteiger partial charge on any atom is 0.336 e. The molecule has 0 aliphatic carbocycles. The highest BCUT2D eigenvalue weighted by molar-refractivity contribution is 7.00. The summed E-state index contributed by atoms with van der Waals surface area (Å²) in [5, 5.41) is 10.3. The molecule has 1 heterocycles. The van der Waals surface area contributed by atoms with Crippen molar-refractivity contribution < 1.29 is 38.0 Å². The van der Waals surface area contributed by atoms with Crippen LogP contribution in [0, 0.1) is 5.82 Å². The van der Waals surface area contributed by atoms with Crippen LogP contribution in [0.25, 0.3) is 16.6 Å². The number of carbonyl (C=O) groups excluding carboxylic acids is 1. The highest BCUT2D eigenvalue weighted by Gasteiger charge is 2.26. The van der Waals surface area contributed by atoms with Gasteiger partial charge in [0.15, 0.2) is 28.8 Å². The molecule has 1 N–H and O–H groups in total. The average Bonchev–Trinajstić information content (AvgIpc) is 3.39. The topological polar surface area (TPSA) is 117 Å². The Labute approximate surface area is 221 Å². The number of aliphatic carboxylic acids is 1. The van der Waals surface area contributed by atoms with Gasteiger partial charge in [0.1, 0.15) is 11.0 Å². The number of allylic oxidation sites excluding steroid dienone is 1. The Morgan fingerprint density at radius 3 is 2.03 bits per heavy atom. The molecule has 0 atom stereocenters. The summed E-state index contributed by atoms with van der Waals surface area (Å²) in [6.07, 6.45) is -0.141. The molecule has 0 bridgehead atoms. The lowest BCUT2D eigenvalue weighted by Crippen LogP contribution is -2.14.